The predicted molar refractivity (Wildman–Crippen MR) is 14.1 cm³/mol. The second-order valence-corrected chi connectivity index (χ2v) is 0.750. The molecule has 0 aromatic carbocycles. The van der Waals surface area contributed by atoms with Crippen LogP contribution in [0, 0.1) is 0 Å². The second kappa shape index (κ2) is 5.23. The van der Waals surface area contributed by atoms with Crippen LogP contribution in [0.1, 0.15) is 0 Å². The standard InChI is InChI=1S/HO3P.Pb/c1-4(2)3;/h4H;/q-2;+2. The molecule has 0 aliphatic rings. The Morgan fingerprint density at radius 3 is 1.00 bits per heavy atom. The van der Waals surface area contributed by atoms with Gasteiger partial charge in [-0.15, -0.1) is 0 Å². The summed E-state index contributed by atoms with van der Waals surface area (Å²) in [5, 5.41) is 0. The second-order valence-electron chi connectivity index (χ2n) is 0.250. The first kappa shape index (κ1) is 9.53. The van der Waals surface area contributed by atoms with Gasteiger partial charge in [0.05, 0.1) is 0 Å². The topological polar surface area (TPSA) is 69.2 Å². The number of rotatable bonds is 0. The SMILES string of the molecule is [O-][PH+]([O-])[O-].[Pb+2]. The Balaban J connectivity index is 0. The molecule has 0 spiro atoms. The van der Waals surface area contributed by atoms with E-state index in [9.17, 15) is 0 Å². The van der Waals surface area contributed by atoms with Gasteiger partial charge in [0.2, 0.25) is 0 Å². The fraction of sp³-hybridized carbons (Fsp3) is 0. The molecule has 0 aromatic rings. The Morgan fingerprint density at radius 2 is 1.00 bits per heavy atom. The Kier molecular flexibility index (Phi) is 9.97. The molecule has 0 saturated carbocycles. The van der Waals surface area contributed by atoms with Gasteiger partial charge < -0.3 is 14.7 Å². The van der Waals surface area contributed by atoms with Gasteiger partial charge in [-0.25, -0.2) is 0 Å². The van der Waals surface area contributed by atoms with E-state index in [1.165, 1.54) is 0 Å². The Morgan fingerprint density at radius 1 is 1.00 bits per heavy atom. The zero-order valence-electron chi connectivity index (χ0n) is 2.22. The maximum absolute atomic E-state index is 8.52. The van der Waals surface area contributed by atoms with Crippen molar-refractivity contribution in [2.75, 3.05) is 0 Å². The third kappa shape index (κ3) is 36.0. The average molecular weight is 287 g/mol. The molecule has 0 unspecified atom stereocenters. The third-order valence-corrected chi connectivity index (χ3v) is 0. The predicted octanol–water partition coefficient (Wildman–Crippen LogP) is -3.35. The van der Waals surface area contributed by atoms with Crippen molar-refractivity contribution in [3.63, 3.8) is 0 Å². The summed E-state index contributed by atoms with van der Waals surface area (Å²) >= 11 is 0. The first-order valence-corrected chi connectivity index (χ1v) is 1.84. The molecule has 2 radical (unpaired) electrons. The summed E-state index contributed by atoms with van der Waals surface area (Å²) in [7, 11) is -3.63. The van der Waals surface area contributed by atoms with Crippen LogP contribution >= 0.6 is 8.60 Å². The van der Waals surface area contributed by atoms with Crippen molar-refractivity contribution in [1.29, 1.82) is 0 Å². The van der Waals surface area contributed by atoms with Gasteiger partial charge in [-0.05, 0) is 0 Å². The summed E-state index contributed by atoms with van der Waals surface area (Å²) < 4.78 is 0. The molecule has 5 heteroatoms. The Hall–Kier alpha value is 1.23. The van der Waals surface area contributed by atoms with Crippen molar-refractivity contribution in [2.45, 2.75) is 0 Å². The molecule has 0 fully saturated rings. The molecular formula is HO3PPb. The van der Waals surface area contributed by atoms with Gasteiger partial charge in [-0.1, -0.05) is 0 Å². The van der Waals surface area contributed by atoms with Crippen molar-refractivity contribution in [1.82, 2.24) is 0 Å². The molecule has 0 aliphatic carbocycles. The fourth-order valence-corrected chi connectivity index (χ4v) is 0. The molecule has 0 aliphatic heterocycles. The molecule has 0 heterocycles. The van der Waals surface area contributed by atoms with Crippen LogP contribution in [-0.4, -0.2) is 27.3 Å². The minimum Gasteiger partial charge on any atom is -0.690 e. The Labute approximate surface area is 50.8 Å². The van der Waals surface area contributed by atoms with Crippen LogP contribution in [0.4, 0.5) is 0 Å². The number of hydrogen-bond acceptors (Lipinski definition) is 3. The van der Waals surface area contributed by atoms with Crippen LogP contribution in [0.5, 0.6) is 0 Å². The van der Waals surface area contributed by atoms with Crippen molar-refractivity contribution < 1.29 is 14.7 Å². The molecule has 0 aromatic heterocycles. The van der Waals surface area contributed by atoms with Crippen LogP contribution < -0.4 is 14.7 Å². The first-order valence-electron chi connectivity index (χ1n) is 0.612. The van der Waals surface area contributed by atoms with Crippen LogP contribution in [0.15, 0.2) is 0 Å². The molecule has 0 rings (SSSR count). The van der Waals surface area contributed by atoms with Gasteiger partial charge in [0.1, 0.15) is 0 Å². The fourth-order valence-electron chi connectivity index (χ4n) is 0. The van der Waals surface area contributed by atoms with Crippen molar-refractivity contribution in [3.05, 3.63) is 0 Å². The summed E-state index contributed by atoms with van der Waals surface area (Å²) in [6.45, 7) is 0. The quantitative estimate of drug-likeness (QED) is 0.345. The molecule has 0 saturated heterocycles. The normalized spacial score (nSPS) is 7.20. The summed E-state index contributed by atoms with van der Waals surface area (Å²) in [4.78, 5) is 25.6. The molecule has 0 amide bonds. The van der Waals surface area contributed by atoms with Gasteiger partial charge >= 0.3 is 27.3 Å². The van der Waals surface area contributed by atoms with E-state index in [1.807, 2.05) is 0 Å². The summed E-state index contributed by atoms with van der Waals surface area (Å²) in [5.74, 6) is 0. The third-order valence-electron chi connectivity index (χ3n) is 0. The number of hydrogen-bond donors (Lipinski definition) is 0. The smallest absolute Gasteiger partial charge is 0.690 e. The minimum absolute atomic E-state index is 0. The molecular weight excluding hydrogens is 286 g/mol. The molecule has 0 bridgehead atoms. The zero-order valence-corrected chi connectivity index (χ0v) is 7.11. The van der Waals surface area contributed by atoms with Crippen LogP contribution in [0.3, 0.4) is 0 Å². The largest absolute Gasteiger partial charge is 2.00 e. The van der Waals surface area contributed by atoms with Gasteiger partial charge in [0.15, 0.2) is 0 Å². The zero-order chi connectivity index (χ0) is 3.58. The summed E-state index contributed by atoms with van der Waals surface area (Å²) in [6.07, 6.45) is 0. The maximum Gasteiger partial charge on any atom is 2.00 e. The van der Waals surface area contributed by atoms with Crippen LogP contribution in [0.2, 0.25) is 0 Å². The summed E-state index contributed by atoms with van der Waals surface area (Å²) in [6, 6.07) is 0. The van der Waals surface area contributed by atoms with Crippen molar-refractivity contribution >= 4 is 35.9 Å². The van der Waals surface area contributed by atoms with E-state index in [-0.39, 0.29) is 27.3 Å². The van der Waals surface area contributed by atoms with Gasteiger partial charge in [0, 0.05) is 0 Å². The van der Waals surface area contributed by atoms with E-state index >= 15 is 0 Å². The maximum atomic E-state index is 8.52. The van der Waals surface area contributed by atoms with Crippen LogP contribution in [0.25, 0.3) is 0 Å². The molecule has 3 nitrogen and oxygen atoms in total. The first-order chi connectivity index (χ1) is 1.73. The molecule has 28 valence electrons. The van der Waals surface area contributed by atoms with Gasteiger partial charge in [0.25, 0.3) is 0 Å². The molecule has 5 heavy (non-hydrogen) atoms. The van der Waals surface area contributed by atoms with E-state index < -0.39 is 8.60 Å². The van der Waals surface area contributed by atoms with E-state index in [0.29, 0.717) is 0 Å². The van der Waals surface area contributed by atoms with E-state index in [1.54, 1.807) is 0 Å². The van der Waals surface area contributed by atoms with Crippen molar-refractivity contribution in [3.8, 4) is 0 Å². The van der Waals surface area contributed by atoms with Crippen LogP contribution in [-0.2, 0) is 0 Å². The van der Waals surface area contributed by atoms with Gasteiger partial charge in [-0.2, -0.15) is 8.60 Å². The average Bonchev–Trinajstić information content (AvgIpc) is 0.811. The Bertz CT molecular complexity index is 11.6. The van der Waals surface area contributed by atoms with Gasteiger partial charge in [-0.3, -0.25) is 0 Å². The molecule has 0 atom stereocenters. The van der Waals surface area contributed by atoms with Crippen molar-refractivity contribution in [2.24, 2.45) is 0 Å². The monoisotopic (exact) mass is 288 g/mol. The molecule has 0 N–H and O–H groups in total. The van der Waals surface area contributed by atoms with E-state index in [4.69, 9.17) is 14.7 Å². The van der Waals surface area contributed by atoms with E-state index in [2.05, 4.69) is 0 Å². The van der Waals surface area contributed by atoms with E-state index in [0.717, 1.165) is 0 Å². The minimum atomic E-state index is -3.63. The summed E-state index contributed by atoms with van der Waals surface area (Å²) in [5.41, 5.74) is 0.